The molecule has 0 saturated heterocycles. The maximum Gasteiger partial charge on any atom is 0.159 e. The standard InChI is InChI=1S/C15H17ClO/c1-15(2)8-7-12(14(17)10-15)9-11-3-5-13(16)6-4-11/h3-7H,8-10H2,1-2H3. The van der Waals surface area contributed by atoms with Gasteiger partial charge in [-0.15, -0.1) is 0 Å². The molecule has 1 aliphatic carbocycles. The molecule has 0 unspecified atom stereocenters. The van der Waals surface area contributed by atoms with Crippen molar-refractivity contribution in [2.75, 3.05) is 0 Å². The van der Waals surface area contributed by atoms with Crippen molar-refractivity contribution in [3.05, 3.63) is 46.5 Å². The van der Waals surface area contributed by atoms with Crippen LogP contribution in [0.4, 0.5) is 0 Å². The van der Waals surface area contributed by atoms with Crippen LogP contribution < -0.4 is 0 Å². The highest BCUT2D eigenvalue weighted by Gasteiger charge is 2.27. The van der Waals surface area contributed by atoms with Crippen LogP contribution in [0.15, 0.2) is 35.9 Å². The molecule has 0 heterocycles. The Hall–Kier alpha value is -1.08. The summed E-state index contributed by atoms with van der Waals surface area (Å²) in [5.74, 6) is 0.288. The summed E-state index contributed by atoms with van der Waals surface area (Å²) < 4.78 is 0. The predicted molar refractivity (Wildman–Crippen MR) is 71.3 cm³/mol. The van der Waals surface area contributed by atoms with Crippen LogP contribution in [0.1, 0.15) is 32.3 Å². The van der Waals surface area contributed by atoms with Gasteiger partial charge in [0.1, 0.15) is 0 Å². The van der Waals surface area contributed by atoms with Crippen molar-refractivity contribution in [2.24, 2.45) is 5.41 Å². The Morgan fingerprint density at radius 3 is 2.47 bits per heavy atom. The average molecular weight is 249 g/mol. The number of hydrogen-bond donors (Lipinski definition) is 0. The van der Waals surface area contributed by atoms with E-state index in [9.17, 15) is 4.79 Å². The highest BCUT2D eigenvalue weighted by Crippen LogP contribution is 2.33. The minimum Gasteiger partial charge on any atom is -0.295 e. The zero-order valence-corrected chi connectivity index (χ0v) is 11.1. The molecule has 1 nitrogen and oxygen atoms in total. The van der Waals surface area contributed by atoms with E-state index < -0.39 is 0 Å². The minimum absolute atomic E-state index is 0.126. The van der Waals surface area contributed by atoms with Gasteiger partial charge >= 0.3 is 0 Å². The van der Waals surface area contributed by atoms with E-state index in [2.05, 4.69) is 19.9 Å². The van der Waals surface area contributed by atoms with Gasteiger partial charge in [0.15, 0.2) is 5.78 Å². The summed E-state index contributed by atoms with van der Waals surface area (Å²) in [7, 11) is 0. The molecular weight excluding hydrogens is 232 g/mol. The number of halogens is 1. The number of hydrogen-bond acceptors (Lipinski definition) is 1. The van der Waals surface area contributed by atoms with Crippen LogP contribution in [0.3, 0.4) is 0 Å². The summed E-state index contributed by atoms with van der Waals surface area (Å²) in [6, 6.07) is 7.70. The van der Waals surface area contributed by atoms with Crippen molar-refractivity contribution in [1.29, 1.82) is 0 Å². The average Bonchev–Trinajstić information content (AvgIpc) is 2.24. The molecule has 0 atom stereocenters. The molecule has 0 saturated carbocycles. The lowest BCUT2D eigenvalue weighted by atomic mass is 9.76. The molecular formula is C15H17ClO. The third-order valence-electron chi connectivity index (χ3n) is 3.21. The van der Waals surface area contributed by atoms with E-state index in [1.807, 2.05) is 24.3 Å². The maximum absolute atomic E-state index is 12.0. The summed E-state index contributed by atoms with van der Waals surface area (Å²) in [5, 5.41) is 0.735. The number of Topliss-reactive ketones (excluding diaryl/α,β-unsaturated/α-hetero) is 1. The van der Waals surface area contributed by atoms with Crippen LogP contribution in [0.2, 0.25) is 5.02 Å². The smallest absolute Gasteiger partial charge is 0.159 e. The third-order valence-corrected chi connectivity index (χ3v) is 3.46. The van der Waals surface area contributed by atoms with Gasteiger partial charge in [-0.3, -0.25) is 4.79 Å². The second kappa shape index (κ2) is 4.66. The maximum atomic E-state index is 12.0. The summed E-state index contributed by atoms with van der Waals surface area (Å²) in [6.45, 7) is 4.28. The molecule has 0 aromatic heterocycles. The van der Waals surface area contributed by atoms with Crippen LogP contribution in [0.5, 0.6) is 0 Å². The van der Waals surface area contributed by atoms with E-state index in [1.54, 1.807) is 0 Å². The normalized spacial score (nSPS) is 19.0. The Balaban J connectivity index is 2.12. The Morgan fingerprint density at radius 2 is 1.88 bits per heavy atom. The Bertz CT molecular complexity index is 454. The first-order chi connectivity index (χ1) is 7.96. The van der Waals surface area contributed by atoms with Crippen LogP contribution in [-0.4, -0.2) is 5.78 Å². The van der Waals surface area contributed by atoms with Gasteiger partial charge in [0.2, 0.25) is 0 Å². The molecule has 2 rings (SSSR count). The van der Waals surface area contributed by atoms with E-state index in [-0.39, 0.29) is 11.2 Å². The Kier molecular flexibility index (Phi) is 3.39. The molecule has 17 heavy (non-hydrogen) atoms. The first-order valence-electron chi connectivity index (χ1n) is 5.93. The van der Waals surface area contributed by atoms with Crippen molar-refractivity contribution in [1.82, 2.24) is 0 Å². The van der Waals surface area contributed by atoms with Crippen molar-refractivity contribution >= 4 is 17.4 Å². The van der Waals surface area contributed by atoms with Crippen LogP contribution >= 0.6 is 11.6 Å². The van der Waals surface area contributed by atoms with Gasteiger partial charge in [0, 0.05) is 17.9 Å². The molecule has 0 fully saturated rings. The molecule has 0 N–H and O–H groups in total. The van der Waals surface area contributed by atoms with Crippen LogP contribution in [0.25, 0.3) is 0 Å². The molecule has 0 amide bonds. The van der Waals surface area contributed by atoms with Crippen molar-refractivity contribution in [3.63, 3.8) is 0 Å². The number of rotatable bonds is 2. The molecule has 1 aliphatic rings. The summed E-state index contributed by atoms with van der Waals surface area (Å²) >= 11 is 5.84. The minimum atomic E-state index is 0.126. The quantitative estimate of drug-likeness (QED) is 0.767. The monoisotopic (exact) mass is 248 g/mol. The van der Waals surface area contributed by atoms with Crippen LogP contribution in [-0.2, 0) is 11.2 Å². The lowest BCUT2D eigenvalue weighted by Gasteiger charge is -2.27. The third kappa shape index (κ3) is 3.19. The van der Waals surface area contributed by atoms with Crippen molar-refractivity contribution < 1.29 is 4.79 Å². The molecule has 90 valence electrons. The van der Waals surface area contributed by atoms with E-state index in [0.29, 0.717) is 6.42 Å². The number of benzene rings is 1. The number of carbonyl (C=O) groups excluding carboxylic acids is 1. The van der Waals surface area contributed by atoms with Gasteiger partial charge in [0.05, 0.1) is 0 Å². The second-order valence-corrected chi connectivity index (χ2v) is 5.94. The Labute approximate surface area is 107 Å². The zero-order valence-electron chi connectivity index (χ0n) is 10.3. The van der Waals surface area contributed by atoms with E-state index in [1.165, 1.54) is 0 Å². The second-order valence-electron chi connectivity index (χ2n) is 5.50. The number of allylic oxidation sites excluding steroid dienone is 2. The number of carbonyl (C=O) groups is 1. The molecule has 0 radical (unpaired) electrons. The van der Waals surface area contributed by atoms with Crippen LogP contribution in [0, 0.1) is 5.41 Å². The highest BCUT2D eigenvalue weighted by atomic mass is 35.5. The zero-order chi connectivity index (χ0) is 12.5. The van der Waals surface area contributed by atoms with Gasteiger partial charge < -0.3 is 0 Å². The van der Waals surface area contributed by atoms with Gasteiger partial charge in [0.25, 0.3) is 0 Å². The molecule has 2 heteroatoms. The van der Waals surface area contributed by atoms with Gasteiger partial charge in [-0.1, -0.05) is 43.7 Å². The molecule has 1 aromatic carbocycles. The van der Waals surface area contributed by atoms with Crippen molar-refractivity contribution in [3.8, 4) is 0 Å². The first-order valence-corrected chi connectivity index (χ1v) is 6.31. The number of ketones is 1. The topological polar surface area (TPSA) is 17.1 Å². The predicted octanol–water partition coefficient (Wildman–Crippen LogP) is 4.20. The van der Waals surface area contributed by atoms with E-state index in [4.69, 9.17) is 11.6 Å². The summed E-state index contributed by atoms with van der Waals surface area (Å²) in [4.78, 5) is 12.0. The van der Waals surface area contributed by atoms with Crippen molar-refractivity contribution in [2.45, 2.75) is 33.1 Å². The summed E-state index contributed by atoms with van der Waals surface area (Å²) in [6.07, 6.45) is 4.47. The summed E-state index contributed by atoms with van der Waals surface area (Å²) in [5.41, 5.74) is 2.22. The fraction of sp³-hybridized carbons (Fsp3) is 0.400. The van der Waals surface area contributed by atoms with E-state index in [0.717, 1.165) is 29.0 Å². The lowest BCUT2D eigenvalue weighted by molar-refractivity contribution is -0.118. The Morgan fingerprint density at radius 1 is 1.24 bits per heavy atom. The largest absolute Gasteiger partial charge is 0.295 e. The van der Waals surface area contributed by atoms with E-state index >= 15 is 0 Å². The first kappa shape index (κ1) is 12.4. The molecule has 0 spiro atoms. The lowest BCUT2D eigenvalue weighted by Crippen LogP contribution is -2.23. The molecule has 0 aliphatic heterocycles. The van der Waals surface area contributed by atoms with Gasteiger partial charge in [-0.05, 0) is 35.1 Å². The van der Waals surface area contributed by atoms with Gasteiger partial charge in [-0.2, -0.15) is 0 Å². The highest BCUT2D eigenvalue weighted by molar-refractivity contribution is 6.30. The molecule has 0 bridgehead atoms. The fourth-order valence-corrected chi connectivity index (χ4v) is 2.25. The SMILES string of the molecule is CC1(C)CC=C(Cc2ccc(Cl)cc2)C(=O)C1. The fourth-order valence-electron chi connectivity index (χ4n) is 2.13. The molecule has 1 aromatic rings. The van der Waals surface area contributed by atoms with Gasteiger partial charge in [-0.25, -0.2) is 0 Å².